The number of fused-ring (bicyclic) bond motifs is 1. The third-order valence-corrected chi connectivity index (χ3v) is 5.10. The highest BCUT2D eigenvalue weighted by atomic mass is 32.1. The molecule has 2 aromatic carbocycles. The lowest BCUT2D eigenvalue weighted by Gasteiger charge is -2.06. The van der Waals surface area contributed by atoms with Gasteiger partial charge in [-0.3, -0.25) is 9.89 Å². The van der Waals surface area contributed by atoms with E-state index in [1.165, 1.54) is 29.5 Å². The van der Waals surface area contributed by atoms with E-state index < -0.39 is 11.7 Å². The van der Waals surface area contributed by atoms with E-state index in [0.717, 1.165) is 4.88 Å². The van der Waals surface area contributed by atoms with Gasteiger partial charge in [0, 0.05) is 4.88 Å². The summed E-state index contributed by atoms with van der Waals surface area (Å²) in [6.45, 7) is 0.339. The van der Waals surface area contributed by atoms with Crippen LogP contribution in [0.4, 0.5) is 8.78 Å². The first-order valence-electron chi connectivity index (χ1n) is 8.52. The summed E-state index contributed by atoms with van der Waals surface area (Å²) in [4.78, 5) is 13.4. The zero-order chi connectivity index (χ0) is 19.5. The molecule has 0 aliphatic rings. The Kier molecular flexibility index (Phi) is 4.99. The van der Waals surface area contributed by atoms with Crippen molar-refractivity contribution in [1.29, 1.82) is 0 Å². The molecule has 7 heteroatoms. The van der Waals surface area contributed by atoms with Crippen LogP contribution in [-0.4, -0.2) is 16.1 Å². The van der Waals surface area contributed by atoms with Crippen molar-refractivity contribution in [2.45, 2.75) is 6.54 Å². The maximum Gasteiger partial charge on any atom is 0.254 e. The molecule has 0 radical (unpaired) electrons. The average molecular weight is 395 g/mol. The zero-order valence-electron chi connectivity index (χ0n) is 14.6. The minimum atomic E-state index is -0.645. The topological polar surface area (TPSA) is 57.8 Å². The van der Waals surface area contributed by atoms with E-state index in [1.807, 2.05) is 17.5 Å². The summed E-state index contributed by atoms with van der Waals surface area (Å²) in [6, 6.07) is 12.9. The van der Waals surface area contributed by atoms with Gasteiger partial charge in [0.2, 0.25) is 0 Å². The molecule has 0 saturated carbocycles. The Hall–Kier alpha value is -3.32. The third kappa shape index (κ3) is 3.70. The largest absolute Gasteiger partial charge is 0.347 e. The van der Waals surface area contributed by atoms with Gasteiger partial charge in [-0.1, -0.05) is 24.3 Å². The van der Waals surface area contributed by atoms with E-state index in [0.29, 0.717) is 23.3 Å². The smallest absolute Gasteiger partial charge is 0.254 e. The van der Waals surface area contributed by atoms with Gasteiger partial charge in [0.15, 0.2) is 0 Å². The maximum absolute atomic E-state index is 15.1. The van der Waals surface area contributed by atoms with E-state index in [2.05, 4.69) is 15.5 Å². The maximum atomic E-state index is 15.1. The summed E-state index contributed by atoms with van der Waals surface area (Å²) >= 11 is 1.52. The van der Waals surface area contributed by atoms with E-state index in [-0.39, 0.29) is 16.8 Å². The number of thiophene rings is 1. The molecule has 0 aliphatic carbocycles. The summed E-state index contributed by atoms with van der Waals surface area (Å²) in [5, 5.41) is 11.7. The van der Waals surface area contributed by atoms with Gasteiger partial charge in [0.25, 0.3) is 5.91 Å². The minimum absolute atomic E-state index is 0.0501. The van der Waals surface area contributed by atoms with E-state index in [9.17, 15) is 9.18 Å². The fourth-order valence-corrected chi connectivity index (χ4v) is 3.50. The molecular formula is C21H15F2N3OS. The number of aromatic amines is 1. The Morgan fingerprint density at radius 3 is 2.82 bits per heavy atom. The number of benzene rings is 2. The van der Waals surface area contributed by atoms with Gasteiger partial charge in [-0.15, -0.1) is 11.3 Å². The number of H-pyrrole nitrogens is 1. The molecule has 1 amide bonds. The van der Waals surface area contributed by atoms with Crippen LogP contribution in [0.15, 0.2) is 53.9 Å². The molecular weight excluding hydrogens is 380 g/mol. The van der Waals surface area contributed by atoms with Crippen molar-refractivity contribution in [3.8, 4) is 0 Å². The Morgan fingerprint density at radius 1 is 1.14 bits per heavy atom. The number of carbonyl (C=O) groups is 1. The Balaban J connectivity index is 1.62. The normalized spacial score (nSPS) is 11.4. The van der Waals surface area contributed by atoms with Crippen molar-refractivity contribution in [1.82, 2.24) is 15.5 Å². The summed E-state index contributed by atoms with van der Waals surface area (Å²) < 4.78 is 28.4. The highest BCUT2D eigenvalue weighted by Crippen LogP contribution is 2.24. The number of amides is 1. The fraction of sp³-hybridized carbons (Fsp3) is 0.0476. The number of hydrogen-bond acceptors (Lipinski definition) is 3. The monoisotopic (exact) mass is 395 g/mol. The number of rotatable bonds is 5. The molecule has 4 rings (SSSR count). The lowest BCUT2D eigenvalue weighted by Crippen LogP contribution is -2.23. The molecule has 0 fully saturated rings. The van der Waals surface area contributed by atoms with Crippen LogP contribution in [0.2, 0.25) is 0 Å². The molecule has 0 unspecified atom stereocenters. The molecule has 0 saturated heterocycles. The van der Waals surface area contributed by atoms with Crippen LogP contribution in [0, 0.1) is 11.6 Å². The average Bonchev–Trinajstić information content (AvgIpc) is 3.35. The van der Waals surface area contributed by atoms with Crippen LogP contribution in [0.1, 0.15) is 26.5 Å². The molecule has 140 valence electrons. The lowest BCUT2D eigenvalue weighted by molar-refractivity contribution is 0.0947. The van der Waals surface area contributed by atoms with Gasteiger partial charge in [0.1, 0.15) is 11.6 Å². The molecule has 2 aromatic heterocycles. The summed E-state index contributed by atoms with van der Waals surface area (Å²) in [7, 11) is 0. The van der Waals surface area contributed by atoms with Crippen molar-refractivity contribution in [3.63, 3.8) is 0 Å². The number of nitrogens with one attached hydrogen (secondary N) is 2. The zero-order valence-corrected chi connectivity index (χ0v) is 15.4. The van der Waals surface area contributed by atoms with Gasteiger partial charge in [-0.05, 0) is 47.4 Å². The number of aromatic nitrogens is 2. The second-order valence-corrected chi connectivity index (χ2v) is 7.14. The molecule has 0 bridgehead atoms. The predicted octanol–water partition coefficient (Wildman–Crippen LogP) is 5.00. The van der Waals surface area contributed by atoms with E-state index in [4.69, 9.17) is 0 Å². The van der Waals surface area contributed by atoms with Crippen molar-refractivity contribution in [2.75, 3.05) is 0 Å². The Bertz CT molecular complexity index is 1170. The molecule has 0 atom stereocenters. The molecule has 28 heavy (non-hydrogen) atoms. The quantitative estimate of drug-likeness (QED) is 0.499. The van der Waals surface area contributed by atoms with Crippen LogP contribution in [0.25, 0.3) is 23.1 Å². The highest BCUT2D eigenvalue weighted by molar-refractivity contribution is 7.09. The fourth-order valence-electron chi connectivity index (χ4n) is 2.85. The van der Waals surface area contributed by atoms with Gasteiger partial charge in [0.05, 0.1) is 28.7 Å². The van der Waals surface area contributed by atoms with Gasteiger partial charge >= 0.3 is 0 Å². The summed E-state index contributed by atoms with van der Waals surface area (Å²) in [5.41, 5.74) is 1.39. The molecule has 4 aromatic rings. The number of carbonyl (C=O) groups excluding carboxylic acids is 1. The molecule has 2 heterocycles. The van der Waals surface area contributed by atoms with Gasteiger partial charge < -0.3 is 5.32 Å². The van der Waals surface area contributed by atoms with Crippen LogP contribution < -0.4 is 5.32 Å². The number of halogens is 2. The first-order chi connectivity index (χ1) is 13.6. The van der Waals surface area contributed by atoms with Crippen LogP contribution in [0.3, 0.4) is 0 Å². The van der Waals surface area contributed by atoms with Crippen molar-refractivity contribution >= 4 is 40.3 Å². The summed E-state index contributed by atoms with van der Waals surface area (Å²) in [5.74, 6) is -1.49. The number of nitrogens with zero attached hydrogens (tertiary/aromatic N) is 1. The van der Waals surface area contributed by atoms with Gasteiger partial charge in [-0.25, -0.2) is 8.78 Å². The third-order valence-electron chi connectivity index (χ3n) is 4.23. The first-order valence-corrected chi connectivity index (χ1v) is 9.40. The first kappa shape index (κ1) is 18.1. The highest BCUT2D eigenvalue weighted by Gasteiger charge is 2.18. The number of hydrogen-bond donors (Lipinski definition) is 2. The van der Waals surface area contributed by atoms with Crippen molar-refractivity contribution in [3.05, 3.63) is 87.2 Å². The second-order valence-electron chi connectivity index (χ2n) is 6.11. The van der Waals surface area contributed by atoms with Crippen LogP contribution in [0.5, 0.6) is 0 Å². The van der Waals surface area contributed by atoms with Crippen molar-refractivity contribution < 1.29 is 13.6 Å². The van der Waals surface area contributed by atoms with E-state index >= 15 is 4.39 Å². The molecule has 2 N–H and O–H groups in total. The lowest BCUT2D eigenvalue weighted by atomic mass is 10.1. The van der Waals surface area contributed by atoms with Crippen LogP contribution >= 0.6 is 11.3 Å². The Labute approximate surface area is 163 Å². The molecule has 0 spiro atoms. The minimum Gasteiger partial charge on any atom is -0.347 e. The van der Waals surface area contributed by atoms with Gasteiger partial charge in [-0.2, -0.15) is 5.10 Å². The Morgan fingerprint density at radius 2 is 2.04 bits per heavy atom. The standard InChI is InChI=1S/C21H15F2N3OS/c22-14-4-1-3-13(11-14)6-8-17-19-18(26-25-17)9-7-16(20(19)23)21(27)24-12-15-5-2-10-28-15/h1-11H,12H2,(H,24,27)(H,25,26)/b8-6+. The summed E-state index contributed by atoms with van der Waals surface area (Å²) in [6.07, 6.45) is 3.23. The van der Waals surface area contributed by atoms with Crippen LogP contribution in [-0.2, 0) is 6.54 Å². The molecule has 0 aliphatic heterocycles. The second kappa shape index (κ2) is 7.74. The van der Waals surface area contributed by atoms with E-state index in [1.54, 1.807) is 30.4 Å². The SMILES string of the molecule is O=C(NCc1cccs1)c1ccc2[nH]nc(/C=C/c3cccc(F)c3)c2c1F. The van der Waals surface area contributed by atoms with Crippen molar-refractivity contribution in [2.24, 2.45) is 0 Å². The molecule has 4 nitrogen and oxygen atoms in total. The predicted molar refractivity (Wildman–Crippen MR) is 107 cm³/mol.